The largest absolute Gasteiger partial charge is 0.295 e. The summed E-state index contributed by atoms with van der Waals surface area (Å²) in [6.07, 6.45) is 2.22. The lowest BCUT2D eigenvalue weighted by molar-refractivity contribution is 0.189. The highest BCUT2D eigenvalue weighted by Gasteiger charge is 2.15. The molecule has 1 nitrogen and oxygen atoms in total. The van der Waals surface area contributed by atoms with Crippen molar-refractivity contribution in [3.63, 3.8) is 0 Å². The molecule has 0 spiro atoms. The van der Waals surface area contributed by atoms with Crippen LogP contribution < -0.4 is 0 Å². The third-order valence-corrected chi connectivity index (χ3v) is 3.86. The van der Waals surface area contributed by atoms with Crippen molar-refractivity contribution in [3.8, 4) is 0 Å². The van der Waals surface area contributed by atoms with Crippen LogP contribution in [0.15, 0.2) is 18.2 Å². The lowest BCUT2D eigenvalue weighted by Gasteiger charge is -2.30. The molecule has 0 atom stereocenters. The number of rotatable bonds is 7. The molecule has 0 heterocycles. The minimum atomic E-state index is -0.336. The molecule has 1 rings (SSSR count). The molecule has 0 aromatic heterocycles. The number of halogens is 3. The third kappa shape index (κ3) is 4.52. The zero-order chi connectivity index (χ0) is 13.5. The van der Waals surface area contributed by atoms with Crippen molar-refractivity contribution in [2.75, 3.05) is 11.9 Å². The molecule has 0 unspecified atom stereocenters. The van der Waals surface area contributed by atoms with Gasteiger partial charge in [0.05, 0.1) is 5.02 Å². The van der Waals surface area contributed by atoms with Gasteiger partial charge in [-0.3, -0.25) is 4.90 Å². The average Bonchev–Trinajstić information content (AvgIpc) is 2.35. The van der Waals surface area contributed by atoms with E-state index < -0.39 is 0 Å². The average molecular weight is 337 g/mol. The van der Waals surface area contributed by atoms with Gasteiger partial charge in [-0.1, -0.05) is 47.4 Å². The normalized spacial score (nSPS) is 11.5. The van der Waals surface area contributed by atoms with Crippen molar-refractivity contribution in [2.24, 2.45) is 0 Å². The quantitative estimate of drug-likeness (QED) is 0.642. The van der Waals surface area contributed by atoms with Crippen LogP contribution in [0, 0.1) is 5.82 Å². The zero-order valence-corrected chi connectivity index (χ0v) is 13.3. The van der Waals surface area contributed by atoms with Crippen LogP contribution in [0.3, 0.4) is 0 Å². The summed E-state index contributed by atoms with van der Waals surface area (Å²) in [7, 11) is 0. The summed E-state index contributed by atoms with van der Waals surface area (Å²) in [5.74, 6) is -0.336. The van der Waals surface area contributed by atoms with Gasteiger partial charge in [-0.25, -0.2) is 4.39 Å². The Morgan fingerprint density at radius 1 is 1.33 bits per heavy atom. The minimum absolute atomic E-state index is 0.188. The Hall–Kier alpha value is -0.120. The van der Waals surface area contributed by atoms with E-state index in [-0.39, 0.29) is 10.8 Å². The van der Waals surface area contributed by atoms with Gasteiger partial charge >= 0.3 is 0 Å². The standard InChI is InChI=1S/C14H20BrClFN/c1-3-12(4-2)18(8-7-15)10-11-5-6-13(16)14(17)9-11/h5-6,9,12H,3-4,7-8,10H2,1-2H3. The molecule has 0 aliphatic rings. The Morgan fingerprint density at radius 3 is 2.50 bits per heavy atom. The van der Waals surface area contributed by atoms with Gasteiger partial charge in [-0.05, 0) is 30.5 Å². The second kappa shape index (κ2) is 8.13. The van der Waals surface area contributed by atoms with Crippen LogP contribution >= 0.6 is 27.5 Å². The van der Waals surface area contributed by atoms with Crippen molar-refractivity contribution < 1.29 is 4.39 Å². The van der Waals surface area contributed by atoms with Crippen LogP contribution in [0.1, 0.15) is 32.3 Å². The molecule has 0 saturated carbocycles. The van der Waals surface area contributed by atoms with Gasteiger partial charge in [0.2, 0.25) is 0 Å². The maximum Gasteiger partial charge on any atom is 0.142 e. The number of benzene rings is 1. The predicted octanol–water partition coefficient (Wildman–Crippen LogP) is 4.86. The first-order chi connectivity index (χ1) is 8.62. The van der Waals surface area contributed by atoms with Crippen LogP contribution in [0.2, 0.25) is 5.02 Å². The molecule has 0 N–H and O–H groups in total. The first kappa shape index (κ1) is 15.9. The van der Waals surface area contributed by atoms with Crippen molar-refractivity contribution in [3.05, 3.63) is 34.6 Å². The van der Waals surface area contributed by atoms with E-state index in [4.69, 9.17) is 11.6 Å². The molecule has 0 saturated heterocycles. The van der Waals surface area contributed by atoms with Gasteiger partial charge in [0.1, 0.15) is 5.82 Å². The van der Waals surface area contributed by atoms with Crippen LogP contribution in [0.25, 0.3) is 0 Å². The molecule has 0 amide bonds. The van der Waals surface area contributed by atoms with Gasteiger partial charge < -0.3 is 0 Å². The van der Waals surface area contributed by atoms with Crippen LogP contribution in [0.5, 0.6) is 0 Å². The summed E-state index contributed by atoms with van der Waals surface area (Å²) in [6, 6.07) is 5.60. The molecule has 102 valence electrons. The van der Waals surface area contributed by atoms with Crippen LogP contribution in [-0.2, 0) is 6.54 Å². The topological polar surface area (TPSA) is 3.24 Å². The molecule has 1 aromatic carbocycles. The molecule has 18 heavy (non-hydrogen) atoms. The molecular formula is C14H20BrClFN. The summed E-state index contributed by atoms with van der Waals surface area (Å²) in [5, 5.41) is 1.12. The fraction of sp³-hybridized carbons (Fsp3) is 0.571. The maximum atomic E-state index is 13.4. The minimum Gasteiger partial charge on any atom is -0.295 e. The fourth-order valence-electron chi connectivity index (χ4n) is 2.18. The third-order valence-electron chi connectivity index (χ3n) is 3.20. The molecule has 0 radical (unpaired) electrons. The second-order valence-electron chi connectivity index (χ2n) is 4.38. The van der Waals surface area contributed by atoms with Crippen molar-refractivity contribution in [1.29, 1.82) is 0 Å². The number of hydrogen-bond acceptors (Lipinski definition) is 1. The Bertz CT molecular complexity index is 369. The molecule has 0 aliphatic heterocycles. The highest BCUT2D eigenvalue weighted by Crippen LogP contribution is 2.19. The van der Waals surface area contributed by atoms with Crippen molar-refractivity contribution in [1.82, 2.24) is 4.90 Å². The lowest BCUT2D eigenvalue weighted by Crippen LogP contribution is -2.35. The summed E-state index contributed by atoms with van der Waals surface area (Å²) in [5.41, 5.74) is 0.977. The van der Waals surface area contributed by atoms with E-state index in [2.05, 4.69) is 34.7 Å². The zero-order valence-electron chi connectivity index (χ0n) is 10.9. The first-order valence-corrected chi connectivity index (χ1v) is 7.86. The van der Waals surface area contributed by atoms with E-state index in [9.17, 15) is 4.39 Å². The van der Waals surface area contributed by atoms with Gasteiger partial charge in [-0.2, -0.15) is 0 Å². The van der Waals surface area contributed by atoms with E-state index >= 15 is 0 Å². The molecule has 1 aromatic rings. The Labute approximate surface area is 122 Å². The van der Waals surface area contributed by atoms with E-state index in [0.717, 1.165) is 36.8 Å². The van der Waals surface area contributed by atoms with Gasteiger partial charge in [-0.15, -0.1) is 0 Å². The second-order valence-corrected chi connectivity index (χ2v) is 5.58. The maximum absolute atomic E-state index is 13.4. The number of alkyl halides is 1. The Kier molecular flexibility index (Phi) is 7.20. The van der Waals surface area contributed by atoms with Gasteiger partial charge in [0, 0.05) is 24.5 Å². The fourth-order valence-corrected chi connectivity index (χ4v) is 2.75. The summed E-state index contributed by atoms with van der Waals surface area (Å²) in [6.45, 7) is 6.12. The molecular weight excluding hydrogens is 317 g/mol. The lowest BCUT2D eigenvalue weighted by atomic mass is 10.1. The number of hydrogen-bond donors (Lipinski definition) is 0. The highest BCUT2D eigenvalue weighted by molar-refractivity contribution is 9.09. The van der Waals surface area contributed by atoms with Crippen LogP contribution in [0.4, 0.5) is 4.39 Å². The molecule has 0 aliphatic carbocycles. The van der Waals surface area contributed by atoms with Crippen molar-refractivity contribution in [2.45, 2.75) is 39.3 Å². The molecule has 4 heteroatoms. The Balaban J connectivity index is 2.78. The molecule has 0 fully saturated rings. The highest BCUT2D eigenvalue weighted by atomic mass is 79.9. The summed E-state index contributed by atoms with van der Waals surface area (Å²) >= 11 is 9.18. The van der Waals surface area contributed by atoms with E-state index in [1.165, 1.54) is 6.07 Å². The summed E-state index contributed by atoms with van der Waals surface area (Å²) in [4.78, 5) is 2.39. The first-order valence-electron chi connectivity index (χ1n) is 6.36. The van der Waals surface area contributed by atoms with E-state index in [1.807, 2.05) is 6.07 Å². The van der Waals surface area contributed by atoms with E-state index in [0.29, 0.717) is 6.04 Å². The smallest absolute Gasteiger partial charge is 0.142 e. The van der Waals surface area contributed by atoms with Gasteiger partial charge in [0.25, 0.3) is 0 Å². The van der Waals surface area contributed by atoms with Crippen LogP contribution in [-0.4, -0.2) is 22.8 Å². The Morgan fingerprint density at radius 2 is 2.00 bits per heavy atom. The number of nitrogens with zero attached hydrogens (tertiary/aromatic N) is 1. The summed E-state index contributed by atoms with van der Waals surface area (Å²) < 4.78 is 13.4. The monoisotopic (exact) mass is 335 g/mol. The SMILES string of the molecule is CCC(CC)N(CCBr)Cc1ccc(Cl)c(F)c1. The van der Waals surface area contributed by atoms with Gasteiger partial charge in [0.15, 0.2) is 0 Å². The predicted molar refractivity (Wildman–Crippen MR) is 80.0 cm³/mol. The van der Waals surface area contributed by atoms with Crippen molar-refractivity contribution >= 4 is 27.5 Å². The molecule has 0 bridgehead atoms. The van der Waals surface area contributed by atoms with E-state index in [1.54, 1.807) is 6.07 Å².